The summed E-state index contributed by atoms with van der Waals surface area (Å²) in [6, 6.07) is 6.43. The minimum absolute atomic E-state index is 0.135. The molecule has 1 heterocycles. The number of ether oxygens (including phenoxy) is 3. The van der Waals surface area contributed by atoms with E-state index in [0.717, 1.165) is 0 Å². The summed E-state index contributed by atoms with van der Waals surface area (Å²) in [6.45, 7) is 1.87. The highest BCUT2D eigenvalue weighted by atomic mass is 35.5. The van der Waals surface area contributed by atoms with E-state index in [1.165, 1.54) is 12.0 Å². The number of hydrogen-bond donors (Lipinski definition) is 0. The van der Waals surface area contributed by atoms with Crippen molar-refractivity contribution in [2.24, 2.45) is 0 Å². The summed E-state index contributed by atoms with van der Waals surface area (Å²) < 4.78 is 14.9. The van der Waals surface area contributed by atoms with Crippen molar-refractivity contribution in [3.8, 4) is 0 Å². The molecule has 0 atom stereocenters. The van der Waals surface area contributed by atoms with E-state index in [4.69, 9.17) is 21.1 Å². The topological polar surface area (TPSA) is 82.1 Å². The minimum atomic E-state index is -0.518. The molecular weight excluding hydrogens is 350 g/mol. The predicted molar refractivity (Wildman–Crippen MR) is 89.7 cm³/mol. The maximum Gasteiger partial charge on any atom is 0.337 e. The van der Waals surface area contributed by atoms with Crippen molar-refractivity contribution in [2.45, 2.75) is 6.92 Å². The van der Waals surface area contributed by atoms with Crippen LogP contribution in [0.3, 0.4) is 0 Å². The smallest absolute Gasteiger partial charge is 0.337 e. The number of carbonyl (C=O) groups is 3. The Kier molecular flexibility index (Phi) is 6.41. The number of esters is 2. The third kappa shape index (κ3) is 4.11. The number of halogens is 1. The maximum absolute atomic E-state index is 12.2. The Bertz CT molecular complexity index is 698. The van der Waals surface area contributed by atoms with Gasteiger partial charge in [0.25, 0.3) is 5.91 Å². The third-order valence-corrected chi connectivity index (χ3v) is 3.57. The van der Waals surface area contributed by atoms with E-state index in [9.17, 15) is 14.4 Å². The van der Waals surface area contributed by atoms with E-state index in [1.54, 1.807) is 31.2 Å². The Morgan fingerprint density at radius 1 is 1.20 bits per heavy atom. The first-order chi connectivity index (χ1) is 12.0. The first-order valence-electron chi connectivity index (χ1n) is 7.62. The average Bonchev–Trinajstić information content (AvgIpc) is 2.63. The number of hydrogen-bond acceptors (Lipinski definition) is 6. The van der Waals surface area contributed by atoms with Crippen LogP contribution in [0.4, 0.5) is 0 Å². The van der Waals surface area contributed by atoms with Gasteiger partial charge in [0.2, 0.25) is 5.76 Å². The van der Waals surface area contributed by atoms with Crippen molar-refractivity contribution in [3.63, 3.8) is 0 Å². The van der Waals surface area contributed by atoms with Gasteiger partial charge in [0, 0.05) is 5.56 Å². The number of alkyl halides is 1. The second-order valence-electron chi connectivity index (χ2n) is 4.98. The van der Waals surface area contributed by atoms with Gasteiger partial charge in [0.15, 0.2) is 0 Å². The average molecular weight is 368 g/mol. The molecular formula is C17H18ClNO6. The van der Waals surface area contributed by atoms with Crippen LogP contribution in [0.25, 0.3) is 5.70 Å². The van der Waals surface area contributed by atoms with Crippen LogP contribution in [0.2, 0.25) is 0 Å². The summed E-state index contributed by atoms with van der Waals surface area (Å²) in [5, 5.41) is 0. The minimum Gasteiger partial charge on any atom is -0.485 e. The second-order valence-corrected chi connectivity index (χ2v) is 5.36. The summed E-state index contributed by atoms with van der Waals surface area (Å²) in [6.07, 6.45) is 0. The summed E-state index contributed by atoms with van der Waals surface area (Å²) >= 11 is 5.60. The van der Waals surface area contributed by atoms with Gasteiger partial charge in [0.1, 0.15) is 18.8 Å². The number of nitrogens with zero attached hydrogens (tertiary/aromatic N) is 1. The van der Waals surface area contributed by atoms with E-state index >= 15 is 0 Å². The fourth-order valence-corrected chi connectivity index (χ4v) is 2.40. The van der Waals surface area contributed by atoms with Crippen LogP contribution in [0.1, 0.15) is 22.8 Å². The number of carbonyl (C=O) groups excluding carboxylic acids is 3. The van der Waals surface area contributed by atoms with Gasteiger partial charge in [-0.25, -0.2) is 4.79 Å². The Labute approximate surface area is 150 Å². The van der Waals surface area contributed by atoms with Crippen molar-refractivity contribution in [3.05, 3.63) is 41.2 Å². The molecule has 0 bridgehead atoms. The molecule has 0 saturated carbocycles. The molecule has 8 heteroatoms. The molecule has 0 N–H and O–H groups in total. The van der Waals surface area contributed by atoms with E-state index < -0.39 is 17.8 Å². The lowest BCUT2D eigenvalue weighted by Gasteiger charge is -2.35. The lowest BCUT2D eigenvalue weighted by atomic mass is 10.0. The van der Waals surface area contributed by atoms with E-state index in [1.807, 2.05) is 0 Å². The van der Waals surface area contributed by atoms with Crippen LogP contribution < -0.4 is 0 Å². The highest BCUT2D eigenvalue weighted by molar-refractivity contribution is 6.18. The second kappa shape index (κ2) is 8.53. The normalized spacial score (nSPS) is 13.4. The van der Waals surface area contributed by atoms with Crippen LogP contribution >= 0.6 is 11.6 Å². The number of rotatable bonds is 8. The Morgan fingerprint density at radius 2 is 1.88 bits per heavy atom. The molecule has 0 unspecified atom stereocenters. The molecule has 25 heavy (non-hydrogen) atoms. The van der Waals surface area contributed by atoms with Gasteiger partial charge in [-0.2, -0.15) is 0 Å². The zero-order chi connectivity index (χ0) is 18.4. The molecule has 1 amide bonds. The lowest BCUT2D eigenvalue weighted by molar-refractivity contribution is -0.148. The molecule has 0 fully saturated rings. The molecule has 7 nitrogen and oxygen atoms in total. The highest BCUT2D eigenvalue weighted by Crippen LogP contribution is 2.34. The first-order valence-corrected chi connectivity index (χ1v) is 8.16. The fraction of sp³-hybridized carbons (Fsp3) is 0.353. The van der Waals surface area contributed by atoms with Crippen LogP contribution in [0, 0.1) is 0 Å². The lowest BCUT2D eigenvalue weighted by Crippen LogP contribution is -2.45. The van der Waals surface area contributed by atoms with Crippen LogP contribution in [-0.4, -0.2) is 55.5 Å². The van der Waals surface area contributed by atoms with Crippen molar-refractivity contribution in [1.29, 1.82) is 0 Å². The maximum atomic E-state index is 12.2. The molecule has 1 aromatic rings. The Morgan fingerprint density at radius 3 is 2.44 bits per heavy atom. The molecule has 0 aliphatic carbocycles. The molecule has 134 valence electrons. The van der Waals surface area contributed by atoms with Gasteiger partial charge in [-0.15, -0.1) is 11.6 Å². The predicted octanol–water partition coefficient (Wildman–Crippen LogP) is 1.80. The molecule has 1 aliphatic heterocycles. The van der Waals surface area contributed by atoms with Gasteiger partial charge in [-0.3, -0.25) is 14.5 Å². The van der Waals surface area contributed by atoms with Gasteiger partial charge in [0.05, 0.1) is 25.2 Å². The van der Waals surface area contributed by atoms with Gasteiger partial charge in [-0.05, 0) is 19.1 Å². The van der Waals surface area contributed by atoms with Crippen LogP contribution in [0.5, 0.6) is 0 Å². The van der Waals surface area contributed by atoms with E-state index in [-0.39, 0.29) is 31.4 Å². The van der Waals surface area contributed by atoms with Gasteiger partial charge in [-0.1, -0.05) is 12.1 Å². The largest absolute Gasteiger partial charge is 0.485 e. The molecule has 1 aliphatic rings. The first kappa shape index (κ1) is 18.8. The third-order valence-electron chi connectivity index (χ3n) is 3.42. The Hall–Kier alpha value is -2.54. The molecule has 1 aromatic carbocycles. The van der Waals surface area contributed by atoms with Crippen molar-refractivity contribution < 1.29 is 28.6 Å². The van der Waals surface area contributed by atoms with E-state index in [0.29, 0.717) is 16.8 Å². The molecule has 0 spiro atoms. The zero-order valence-electron chi connectivity index (χ0n) is 13.9. The summed E-state index contributed by atoms with van der Waals surface area (Å²) in [5.41, 5.74) is 1.46. The summed E-state index contributed by atoms with van der Waals surface area (Å²) in [4.78, 5) is 36.7. The zero-order valence-corrected chi connectivity index (χ0v) is 14.7. The van der Waals surface area contributed by atoms with Crippen molar-refractivity contribution >= 4 is 35.1 Å². The SMILES string of the molecule is CCOC(=O)CN1C(=O)C(OCCCl)=C1c1ccc(C(=O)OC)cc1. The standard InChI is InChI=1S/C17H18ClNO6/c1-3-24-13(20)10-19-14(15(16(19)21)25-9-8-18)11-4-6-12(7-5-11)17(22)23-2/h4-7H,3,8-10H2,1-2H3. The molecule has 2 rings (SSSR count). The number of amides is 1. The fourth-order valence-electron chi connectivity index (χ4n) is 2.32. The molecule has 0 saturated heterocycles. The quantitative estimate of drug-likeness (QED) is 0.514. The summed E-state index contributed by atoms with van der Waals surface area (Å²) in [7, 11) is 1.29. The van der Waals surface area contributed by atoms with E-state index in [2.05, 4.69) is 4.74 Å². The van der Waals surface area contributed by atoms with Gasteiger partial charge >= 0.3 is 11.9 Å². The number of methoxy groups -OCH3 is 1. The molecule has 0 radical (unpaired) electrons. The Balaban J connectivity index is 2.29. The van der Waals surface area contributed by atoms with Crippen LogP contribution in [-0.2, 0) is 23.8 Å². The number of benzene rings is 1. The summed E-state index contributed by atoms with van der Waals surface area (Å²) in [5.74, 6) is -1.03. The highest BCUT2D eigenvalue weighted by Gasteiger charge is 2.40. The monoisotopic (exact) mass is 367 g/mol. The van der Waals surface area contributed by atoms with Crippen LogP contribution in [0.15, 0.2) is 30.0 Å². The van der Waals surface area contributed by atoms with Gasteiger partial charge < -0.3 is 14.2 Å². The van der Waals surface area contributed by atoms with Crippen molar-refractivity contribution in [2.75, 3.05) is 32.7 Å². The van der Waals surface area contributed by atoms with Crippen molar-refractivity contribution in [1.82, 2.24) is 4.90 Å². The molecule has 0 aromatic heterocycles.